The van der Waals surface area contributed by atoms with Gasteiger partial charge in [0.25, 0.3) is 0 Å². The van der Waals surface area contributed by atoms with Crippen LogP contribution in [-0.2, 0) is 28.6 Å². The zero-order chi connectivity index (χ0) is 40.1. The van der Waals surface area contributed by atoms with Gasteiger partial charge in [-0.25, -0.2) is 0 Å². The molecule has 0 aliphatic carbocycles. The van der Waals surface area contributed by atoms with Crippen molar-refractivity contribution in [1.82, 2.24) is 0 Å². The summed E-state index contributed by atoms with van der Waals surface area (Å²) in [5.74, 6) is -1.05. The van der Waals surface area contributed by atoms with Gasteiger partial charge in [-0.1, -0.05) is 156 Å². The molecule has 6 heteroatoms. The molecule has 0 aliphatic rings. The second-order valence-electron chi connectivity index (χ2n) is 13.5. The monoisotopic (exact) mass is 761 g/mol. The van der Waals surface area contributed by atoms with E-state index in [9.17, 15) is 14.4 Å². The largest absolute Gasteiger partial charge is 0.462 e. The lowest BCUT2D eigenvalue weighted by molar-refractivity contribution is -0.167. The molecule has 0 saturated carbocycles. The Morgan fingerprint density at radius 2 is 0.727 bits per heavy atom. The Labute approximate surface area is 336 Å². The van der Waals surface area contributed by atoms with Crippen LogP contribution in [0.2, 0.25) is 0 Å². The Morgan fingerprint density at radius 1 is 0.382 bits per heavy atom. The van der Waals surface area contributed by atoms with E-state index in [-0.39, 0.29) is 44.0 Å². The van der Waals surface area contributed by atoms with Crippen molar-refractivity contribution in [3.63, 3.8) is 0 Å². The van der Waals surface area contributed by atoms with Crippen LogP contribution in [-0.4, -0.2) is 37.2 Å². The molecule has 0 aromatic carbocycles. The van der Waals surface area contributed by atoms with Crippen LogP contribution in [0.15, 0.2) is 109 Å². The number of allylic oxidation sites excluding steroid dienone is 18. The number of hydrogen-bond acceptors (Lipinski definition) is 6. The number of esters is 3. The maximum Gasteiger partial charge on any atom is 0.306 e. The molecule has 0 aromatic rings. The van der Waals surface area contributed by atoms with Gasteiger partial charge in [-0.05, 0) is 96.3 Å². The van der Waals surface area contributed by atoms with Gasteiger partial charge in [0.1, 0.15) is 13.2 Å². The molecular weight excluding hydrogens is 685 g/mol. The number of carbonyl (C=O) groups excluding carboxylic acids is 3. The molecule has 0 spiro atoms. The lowest BCUT2D eigenvalue weighted by Crippen LogP contribution is -2.30. The Bertz CT molecular complexity index is 1200. The van der Waals surface area contributed by atoms with Crippen LogP contribution in [0.5, 0.6) is 0 Å². The number of rotatable bonds is 36. The van der Waals surface area contributed by atoms with Crippen molar-refractivity contribution in [2.24, 2.45) is 0 Å². The topological polar surface area (TPSA) is 78.9 Å². The molecule has 0 rings (SSSR count). The van der Waals surface area contributed by atoms with Crippen molar-refractivity contribution >= 4 is 17.9 Å². The second-order valence-corrected chi connectivity index (χ2v) is 13.5. The van der Waals surface area contributed by atoms with Gasteiger partial charge in [-0.3, -0.25) is 14.4 Å². The van der Waals surface area contributed by atoms with E-state index in [4.69, 9.17) is 14.2 Å². The van der Waals surface area contributed by atoms with E-state index in [0.717, 1.165) is 109 Å². The first-order chi connectivity index (χ1) is 27.0. The van der Waals surface area contributed by atoms with Crippen molar-refractivity contribution < 1.29 is 28.6 Å². The van der Waals surface area contributed by atoms with Crippen LogP contribution in [0.1, 0.15) is 162 Å². The summed E-state index contributed by atoms with van der Waals surface area (Å²) in [6.45, 7) is 6.19. The highest BCUT2D eigenvalue weighted by atomic mass is 16.6. The highest BCUT2D eigenvalue weighted by Crippen LogP contribution is 2.10. The first-order valence-electron chi connectivity index (χ1n) is 21.4. The van der Waals surface area contributed by atoms with Crippen molar-refractivity contribution in [2.75, 3.05) is 13.2 Å². The third kappa shape index (κ3) is 41.1. The van der Waals surface area contributed by atoms with Crippen LogP contribution in [0, 0.1) is 0 Å². The molecule has 0 heterocycles. The molecule has 308 valence electrons. The predicted molar refractivity (Wildman–Crippen MR) is 233 cm³/mol. The number of ether oxygens (including phenoxy) is 3. The van der Waals surface area contributed by atoms with E-state index in [1.54, 1.807) is 0 Å². The lowest BCUT2D eigenvalue weighted by Gasteiger charge is -2.18. The highest BCUT2D eigenvalue weighted by molar-refractivity contribution is 5.71. The number of carbonyl (C=O) groups is 3. The number of unbranched alkanes of at least 4 members (excludes halogenated alkanes) is 7. The summed E-state index contributed by atoms with van der Waals surface area (Å²) in [7, 11) is 0. The van der Waals surface area contributed by atoms with Gasteiger partial charge in [0, 0.05) is 19.3 Å². The van der Waals surface area contributed by atoms with Gasteiger partial charge in [0.15, 0.2) is 6.10 Å². The summed E-state index contributed by atoms with van der Waals surface area (Å²) in [5.41, 5.74) is 0. The van der Waals surface area contributed by atoms with E-state index in [1.165, 1.54) is 0 Å². The SMILES string of the molecule is CC/C=C\C/C=C\C/C=C\C/C=C\C/C=C\CCCC(=O)OCC(COC(=O)CCCCCCC)OC(=O)CCCC/C=C\C/C=C\C/C=C\C/C=C\CC. The van der Waals surface area contributed by atoms with Crippen LogP contribution < -0.4 is 0 Å². The smallest absolute Gasteiger partial charge is 0.306 e. The molecule has 0 saturated heterocycles. The predicted octanol–water partition coefficient (Wildman–Crippen LogP) is 13.6. The summed E-state index contributed by atoms with van der Waals surface area (Å²) in [5, 5.41) is 0. The molecule has 1 atom stereocenters. The zero-order valence-electron chi connectivity index (χ0n) is 34.9. The van der Waals surface area contributed by atoms with E-state index in [2.05, 4.69) is 130 Å². The highest BCUT2D eigenvalue weighted by Gasteiger charge is 2.19. The zero-order valence-corrected chi connectivity index (χ0v) is 34.9. The molecule has 0 fully saturated rings. The van der Waals surface area contributed by atoms with Gasteiger partial charge < -0.3 is 14.2 Å². The van der Waals surface area contributed by atoms with Crippen molar-refractivity contribution in [1.29, 1.82) is 0 Å². The number of hydrogen-bond donors (Lipinski definition) is 0. The van der Waals surface area contributed by atoms with Crippen LogP contribution in [0.3, 0.4) is 0 Å². The van der Waals surface area contributed by atoms with E-state index >= 15 is 0 Å². The minimum absolute atomic E-state index is 0.116. The van der Waals surface area contributed by atoms with E-state index in [0.29, 0.717) is 19.3 Å². The molecule has 0 N–H and O–H groups in total. The maximum absolute atomic E-state index is 12.6. The van der Waals surface area contributed by atoms with Crippen molar-refractivity contribution in [3.8, 4) is 0 Å². The molecule has 0 aromatic heterocycles. The fraction of sp³-hybridized carbons (Fsp3) is 0.571. The van der Waals surface area contributed by atoms with Crippen LogP contribution in [0.25, 0.3) is 0 Å². The van der Waals surface area contributed by atoms with E-state index < -0.39 is 6.10 Å². The molecule has 0 radical (unpaired) electrons. The molecule has 0 amide bonds. The second kappa shape index (κ2) is 42.8. The third-order valence-corrected chi connectivity index (χ3v) is 8.27. The summed E-state index contributed by atoms with van der Waals surface area (Å²) in [6.07, 6.45) is 56.8. The molecule has 0 aliphatic heterocycles. The fourth-order valence-electron chi connectivity index (χ4n) is 5.11. The van der Waals surface area contributed by atoms with E-state index in [1.807, 2.05) is 0 Å². The maximum atomic E-state index is 12.6. The summed E-state index contributed by atoms with van der Waals surface area (Å²) in [4.78, 5) is 37.4. The lowest BCUT2D eigenvalue weighted by atomic mass is 10.1. The van der Waals surface area contributed by atoms with Crippen LogP contribution in [0.4, 0.5) is 0 Å². The molecule has 0 bridgehead atoms. The van der Waals surface area contributed by atoms with Crippen molar-refractivity contribution in [3.05, 3.63) is 109 Å². The molecular formula is C49H76O6. The average Bonchev–Trinajstić information content (AvgIpc) is 3.18. The van der Waals surface area contributed by atoms with Crippen molar-refractivity contribution in [2.45, 2.75) is 168 Å². The van der Waals surface area contributed by atoms with Gasteiger partial charge in [-0.2, -0.15) is 0 Å². The Kier molecular flexibility index (Phi) is 39.7. The molecule has 55 heavy (non-hydrogen) atoms. The normalized spacial score (nSPS) is 13.1. The Balaban J connectivity index is 4.45. The fourth-order valence-corrected chi connectivity index (χ4v) is 5.11. The molecule has 6 nitrogen and oxygen atoms in total. The molecule has 1 unspecified atom stereocenters. The Morgan fingerprint density at radius 3 is 1.16 bits per heavy atom. The van der Waals surface area contributed by atoms with Crippen LogP contribution >= 0.6 is 0 Å². The van der Waals surface area contributed by atoms with Gasteiger partial charge in [-0.15, -0.1) is 0 Å². The van der Waals surface area contributed by atoms with Gasteiger partial charge >= 0.3 is 17.9 Å². The van der Waals surface area contributed by atoms with Gasteiger partial charge in [0.05, 0.1) is 0 Å². The third-order valence-electron chi connectivity index (χ3n) is 8.27. The average molecular weight is 761 g/mol. The Hall–Kier alpha value is -3.93. The first-order valence-corrected chi connectivity index (χ1v) is 21.4. The minimum atomic E-state index is -0.819. The quantitative estimate of drug-likeness (QED) is 0.0274. The standard InChI is InChI=1S/C49H76O6/c1-4-7-10-13-15-17-19-21-23-24-26-27-29-31-33-36-39-42-48(51)54-45-46(44-53-47(50)41-38-35-12-9-6-3)55-49(52)43-40-37-34-32-30-28-25-22-20-18-16-14-11-8-5-2/h7-8,10-11,15-18,21-23,25-27,30-33,46H,4-6,9,12-14,19-20,24,28-29,34-45H2,1-3H3/b10-7-,11-8-,17-15-,18-16-,23-21-,25-22-,27-26-,32-30-,33-31-. The summed E-state index contributed by atoms with van der Waals surface area (Å²) < 4.78 is 16.5. The summed E-state index contributed by atoms with van der Waals surface area (Å²) in [6, 6.07) is 0. The van der Waals surface area contributed by atoms with Gasteiger partial charge in [0.2, 0.25) is 0 Å². The first kappa shape index (κ1) is 51.1. The summed E-state index contributed by atoms with van der Waals surface area (Å²) >= 11 is 0. The minimum Gasteiger partial charge on any atom is -0.462 e.